The Hall–Kier alpha value is 0.137. The molecule has 0 bridgehead atoms. The summed E-state index contributed by atoms with van der Waals surface area (Å²) in [6.07, 6.45) is 12.6. The largest absolute Gasteiger partial charge is 0.392 e. The summed E-state index contributed by atoms with van der Waals surface area (Å²) in [5.41, 5.74) is 0.217. The van der Waals surface area contributed by atoms with Crippen LogP contribution in [0.1, 0.15) is 91.9 Å². The normalized spacial score (nSPS) is 14.2. The minimum atomic E-state index is -1.64. The molecule has 0 spiro atoms. The average Bonchev–Trinajstić information content (AvgIpc) is 2.52. The molecule has 0 saturated heterocycles. The number of unbranched alkanes of at least 4 members (excludes halogenated alkanes) is 3. The molecule has 2 nitrogen and oxygen atoms in total. The Morgan fingerprint density at radius 2 is 1.22 bits per heavy atom. The molecule has 0 aliphatic carbocycles. The maximum absolute atomic E-state index is 6.70. The van der Waals surface area contributed by atoms with Crippen LogP contribution in [-0.2, 0) is 9.16 Å². The third kappa shape index (κ3) is 8.69. The molecule has 0 aliphatic rings. The van der Waals surface area contributed by atoms with E-state index < -0.39 is 8.32 Å². The summed E-state index contributed by atoms with van der Waals surface area (Å²) in [4.78, 5) is 0. The highest BCUT2D eigenvalue weighted by Crippen LogP contribution is 2.43. The maximum Gasteiger partial charge on any atom is 0.190 e. The van der Waals surface area contributed by atoms with Crippen molar-refractivity contribution in [3.05, 3.63) is 0 Å². The van der Waals surface area contributed by atoms with Gasteiger partial charge in [-0.25, -0.2) is 0 Å². The van der Waals surface area contributed by atoms with E-state index in [2.05, 4.69) is 40.8 Å². The molecular formula is C20H44O2Si. The average molecular weight is 345 g/mol. The molecule has 140 valence electrons. The molecule has 0 aliphatic heterocycles. The van der Waals surface area contributed by atoms with E-state index in [-0.39, 0.29) is 11.7 Å². The molecule has 3 heteroatoms. The van der Waals surface area contributed by atoms with Gasteiger partial charge in [0.25, 0.3) is 0 Å². The number of hydrogen-bond donors (Lipinski definition) is 0. The molecule has 0 amide bonds. The Morgan fingerprint density at radius 3 is 1.52 bits per heavy atom. The van der Waals surface area contributed by atoms with E-state index >= 15 is 0 Å². The zero-order valence-corrected chi connectivity index (χ0v) is 18.2. The van der Waals surface area contributed by atoms with Crippen LogP contribution < -0.4 is 0 Å². The first-order chi connectivity index (χ1) is 10.9. The first kappa shape index (κ1) is 23.1. The van der Waals surface area contributed by atoms with E-state index in [0.29, 0.717) is 0 Å². The lowest BCUT2D eigenvalue weighted by Crippen LogP contribution is -2.46. The van der Waals surface area contributed by atoms with Crippen LogP contribution in [-0.4, -0.2) is 21.7 Å². The van der Waals surface area contributed by atoms with Gasteiger partial charge in [-0.2, -0.15) is 0 Å². The van der Waals surface area contributed by atoms with Crippen molar-refractivity contribution >= 4 is 8.32 Å². The Morgan fingerprint density at radius 1 is 0.783 bits per heavy atom. The molecule has 23 heavy (non-hydrogen) atoms. The van der Waals surface area contributed by atoms with Gasteiger partial charge in [-0.1, -0.05) is 72.6 Å². The molecular weight excluding hydrogens is 300 g/mol. The fraction of sp³-hybridized carbons (Fsp3) is 1.00. The molecule has 0 saturated carbocycles. The topological polar surface area (TPSA) is 18.5 Å². The van der Waals surface area contributed by atoms with Crippen LogP contribution in [0.15, 0.2) is 0 Å². The van der Waals surface area contributed by atoms with Gasteiger partial charge in [0.2, 0.25) is 0 Å². The van der Waals surface area contributed by atoms with Crippen LogP contribution in [0.5, 0.6) is 0 Å². The third-order valence-electron chi connectivity index (χ3n) is 5.08. The van der Waals surface area contributed by atoms with Gasteiger partial charge < -0.3 is 9.16 Å². The molecule has 0 rings (SSSR count). The lowest BCUT2D eigenvalue weighted by Gasteiger charge is -2.43. The van der Waals surface area contributed by atoms with Crippen LogP contribution in [0.3, 0.4) is 0 Å². The predicted octanol–water partition coefficient (Wildman–Crippen LogP) is 7.15. The van der Waals surface area contributed by atoms with Gasteiger partial charge in [0, 0.05) is 12.5 Å². The van der Waals surface area contributed by atoms with Crippen LogP contribution >= 0.6 is 0 Å². The Kier molecular flexibility index (Phi) is 12.6. The second kappa shape index (κ2) is 12.5. The van der Waals surface area contributed by atoms with E-state index in [4.69, 9.17) is 9.16 Å². The van der Waals surface area contributed by atoms with E-state index in [0.717, 1.165) is 0 Å². The monoisotopic (exact) mass is 344 g/mol. The van der Waals surface area contributed by atoms with Crippen LogP contribution in [0.2, 0.25) is 19.1 Å². The number of rotatable bonds is 15. The second-order valence-electron chi connectivity index (χ2n) is 7.87. The highest BCUT2D eigenvalue weighted by atomic mass is 28.4. The SMILES string of the molecule is CCCCC(CCCC)(CCCC)C(OC)O[Si](C)(C)CCC. The quantitative estimate of drug-likeness (QED) is 0.232. The van der Waals surface area contributed by atoms with Crippen LogP contribution in [0.25, 0.3) is 0 Å². The zero-order valence-electron chi connectivity index (χ0n) is 17.2. The fourth-order valence-corrected chi connectivity index (χ4v) is 5.94. The van der Waals surface area contributed by atoms with Gasteiger partial charge in [-0.15, -0.1) is 0 Å². The summed E-state index contributed by atoms with van der Waals surface area (Å²) >= 11 is 0. The van der Waals surface area contributed by atoms with Crippen molar-refractivity contribution in [2.75, 3.05) is 7.11 Å². The standard InChI is InChI=1S/C20H44O2Si/c1-8-12-15-20(16-13-9-2,17-14-10-3)19(21-5)22-23(6,7)18-11-4/h19H,8-18H2,1-7H3. The highest BCUT2D eigenvalue weighted by molar-refractivity contribution is 6.71. The first-order valence-electron chi connectivity index (χ1n) is 10.1. The van der Waals surface area contributed by atoms with Gasteiger partial charge in [0.1, 0.15) is 0 Å². The summed E-state index contributed by atoms with van der Waals surface area (Å²) in [5, 5.41) is 0. The highest BCUT2D eigenvalue weighted by Gasteiger charge is 2.41. The summed E-state index contributed by atoms with van der Waals surface area (Å²) < 4.78 is 12.7. The summed E-state index contributed by atoms with van der Waals surface area (Å²) in [6, 6.07) is 1.22. The van der Waals surface area contributed by atoms with E-state index in [1.165, 1.54) is 70.3 Å². The van der Waals surface area contributed by atoms with E-state index in [1.54, 1.807) is 0 Å². The first-order valence-corrected chi connectivity index (χ1v) is 13.2. The number of methoxy groups -OCH3 is 1. The minimum Gasteiger partial charge on any atom is -0.392 e. The maximum atomic E-state index is 6.70. The van der Waals surface area contributed by atoms with Crippen molar-refractivity contribution in [3.63, 3.8) is 0 Å². The lowest BCUT2D eigenvalue weighted by atomic mass is 9.73. The third-order valence-corrected chi connectivity index (χ3v) is 7.63. The zero-order chi connectivity index (χ0) is 17.8. The van der Waals surface area contributed by atoms with Crippen LogP contribution in [0, 0.1) is 5.41 Å². The van der Waals surface area contributed by atoms with Crippen molar-refractivity contribution in [2.45, 2.75) is 117 Å². The number of ether oxygens (including phenoxy) is 1. The Bertz CT molecular complexity index is 257. The lowest BCUT2D eigenvalue weighted by molar-refractivity contribution is -0.157. The summed E-state index contributed by atoms with van der Waals surface area (Å²) in [5.74, 6) is 0. The second-order valence-corrected chi connectivity index (χ2v) is 12.1. The minimum absolute atomic E-state index is 0.0135. The summed E-state index contributed by atoms with van der Waals surface area (Å²) in [6.45, 7) is 13.9. The molecule has 0 heterocycles. The smallest absolute Gasteiger partial charge is 0.190 e. The molecule has 0 aromatic carbocycles. The molecule has 0 aromatic heterocycles. The summed E-state index contributed by atoms with van der Waals surface area (Å²) in [7, 11) is 0.221. The molecule has 1 unspecified atom stereocenters. The molecule has 0 radical (unpaired) electrons. The van der Waals surface area contributed by atoms with Crippen molar-refractivity contribution in [2.24, 2.45) is 5.41 Å². The number of hydrogen-bond acceptors (Lipinski definition) is 2. The fourth-order valence-electron chi connectivity index (χ4n) is 3.69. The van der Waals surface area contributed by atoms with Crippen molar-refractivity contribution in [1.82, 2.24) is 0 Å². The molecule has 0 N–H and O–H groups in total. The van der Waals surface area contributed by atoms with Crippen molar-refractivity contribution < 1.29 is 9.16 Å². The van der Waals surface area contributed by atoms with Crippen molar-refractivity contribution in [3.8, 4) is 0 Å². The van der Waals surface area contributed by atoms with E-state index in [9.17, 15) is 0 Å². The molecule has 1 atom stereocenters. The Labute approximate surface area is 147 Å². The molecule has 0 aromatic rings. The van der Waals surface area contributed by atoms with Gasteiger partial charge >= 0.3 is 0 Å². The van der Waals surface area contributed by atoms with Gasteiger partial charge in [-0.05, 0) is 38.4 Å². The van der Waals surface area contributed by atoms with E-state index in [1.807, 2.05) is 7.11 Å². The predicted molar refractivity (Wildman–Crippen MR) is 105 cm³/mol. The van der Waals surface area contributed by atoms with Gasteiger partial charge in [0.15, 0.2) is 14.6 Å². The molecule has 0 fully saturated rings. The van der Waals surface area contributed by atoms with Gasteiger partial charge in [0.05, 0.1) is 0 Å². The van der Waals surface area contributed by atoms with Crippen LogP contribution in [0.4, 0.5) is 0 Å². The van der Waals surface area contributed by atoms with Gasteiger partial charge in [-0.3, -0.25) is 0 Å². The Balaban J connectivity index is 5.32. The van der Waals surface area contributed by atoms with Crippen molar-refractivity contribution in [1.29, 1.82) is 0 Å².